The molecule has 0 radical (unpaired) electrons. The number of hydrogen-bond acceptors (Lipinski definition) is 3. The van der Waals surface area contributed by atoms with Crippen molar-refractivity contribution in [3.63, 3.8) is 0 Å². The van der Waals surface area contributed by atoms with Gasteiger partial charge in [-0.1, -0.05) is 23.7 Å². The van der Waals surface area contributed by atoms with E-state index < -0.39 is 0 Å². The number of fused-ring (bicyclic) bond motifs is 1. The Labute approximate surface area is 134 Å². The van der Waals surface area contributed by atoms with Gasteiger partial charge in [-0.2, -0.15) is 0 Å². The zero-order valence-electron chi connectivity index (χ0n) is 12.2. The molecule has 1 aromatic heterocycles. The monoisotopic (exact) mass is 315 g/mol. The number of aryl methyl sites for hydroxylation is 1. The summed E-state index contributed by atoms with van der Waals surface area (Å²) in [6.07, 6.45) is 0.911. The first-order chi connectivity index (χ1) is 10.8. The smallest absolute Gasteiger partial charge is 0.147 e. The maximum Gasteiger partial charge on any atom is 0.147 e. The number of imidazole rings is 1. The van der Waals surface area contributed by atoms with Crippen LogP contribution in [0.2, 0.25) is 5.02 Å². The molecule has 0 saturated carbocycles. The zero-order valence-corrected chi connectivity index (χ0v) is 13.0. The average Bonchev–Trinajstić information content (AvgIpc) is 2.90. The van der Waals surface area contributed by atoms with Crippen molar-refractivity contribution in [3.8, 4) is 5.75 Å². The van der Waals surface area contributed by atoms with Gasteiger partial charge in [0.15, 0.2) is 0 Å². The summed E-state index contributed by atoms with van der Waals surface area (Å²) in [6, 6.07) is 15.4. The minimum atomic E-state index is 0.418. The molecular formula is C17H18ClN3O. The molecule has 4 nitrogen and oxygen atoms in total. The van der Waals surface area contributed by atoms with Crippen molar-refractivity contribution >= 4 is 22.6 Å². The number of nitrogens with two attached hydrogens (primary N) is 1. The molecule has 0 spiro atoms. The van der Waals surface area contributed by atoms with E-state index in [0.717, 1.165) is 35.6 Å². The van der Waals surface area contributed by atoms with Crippen molar-refractivity contribution in [2.24, 2.45) is 5.73 Å². The lowest BCUT2D eigenvalue weighted by atomic mass is 10.3. The molecule has 0 aliphatic heterocycles. The number of rotatable bonds is 6. The van der Waals surface area contributed by atoms with Gasteiger partial charge in [0.05, 0.1) is 11.0 Å². The van der Waals surface area contributed by atoms with Gasteiger partial charge in [0, 0.05) is 11.6 Å². The Morgan fingerprint density at radius 1 is 1.09 bits per heavy atom. The van der Waals surface area contributed by atoms with E-state index in [9.17, 15) is 0 Å². The van der Waals surface area contributed by atoms with Crippen molar-refractivity contribution < 1.29 is 4.74 Å². The highest BCUT2D eigenvalue weighted by Gasteiger charge is 2.10. The normalized spacial score (nSPS) is 11.0. The predicted octanol–water partition coefficient (Wildman–Crippen LogP) is 3.62. The number of ether oxygens (including phenoxy) is 1. The Hall–Kier alpha value is -2.04. The minimum Gasteiger partial charge on any atom is -0.486 e. The highest BCUT2D eigenvalue weighted by atomic mass is 35.5. The summed E-state index contributed by atoms with van der Waals surface area (Å²) in [6.45, 7) is 1.92. The molecule has 0 amide bonds. The number of benzene rings is 2. The maximum atomic E-state index is 5.88. The molecule has 0 atom stereocenters. The summed E-state index contributed by atoms with van der Waals surface area (Å²) >= 11 is 5.88. The molecule has 1 heterocycles. The molecule has 0 aliphatic rings. The van der Waals surface area contributed by atoms with Gasteiger partial charge in [-0.15, -0.1) is 0 Å². The van der Waals surface area contributed by atoms with E-state index in [4.69, 9.17) is 22.1 Å². The summed E-state index contributed by atoms with van der Waals surface area (Å²) in [5.41, 5.74) is 7.74. The summed E-state index contributed by atoms with van der Waals surface area (Å²) in [5, 5.41) is 0.697. The van der Waals surface area contributed by atoms with E-state index >= 15 is 0 Å². The van der Waals surface area contributed by atoms with Gasteiger partial charge < -0.3 is 15.0 Å². The molecule has 0 saturated heterocycles. The van der Waals surface area contributed by atoms with Crippen LogP contribution in [0.5, 0.6) is 5.75 Å². The molecule has 0 aliphatic carbocycles. The highest BCUT2D eigenvalue weighted by Crippen LogP contribution is 2.20. The third kappa shape index (κ3) is 3.24. The van der Waals surface area contributed by atoms with E-state index in [1.54, 1.807) is 0 Å². The Kier molecular flexibility index (Phi) is 4.61. The molecule has 3 aromatic rings. The number of halogens is 1. The molecule has 2 N–H and O–H groups in total. The van der Waals surface area contributed by atoms with Crippen LogP contribution in [0, 0.1) is 0 Å². The number of aromatic nitrogens is 2. The van der Waals surface area contributed by atoms with Crippen LogP contribution < -0.4 is 10.5 Å². The van der Waals surface area contributed by atoms with Gasteiger partial charge in [0.2, 0.25) is 0 Å². The van der Waals surface area contributed by atoms with Crippen LogP contribution in [0.15, 0.2) is 48.5 Å². The van der Waals surface area contributed by atoms with Crippen LogP contribution in [-0.2, 0) is 13.2 Å². The zero-order chi connectivity index (χ0) is 15.4. The van der Waals surface area contributed by atoms with Crippen LogP contribution in [0.1, 0.15) is 12.2 Å². The van der Waals surface area contributed by atoms with Crippen LogP contribution >= 0.6 is 11.6 Å². The number of hydrogen-bond donors (Lipinski definition) is 1. The van der Waals surface area contributed by atoms with E-state index in [-0.39, 0.29) is 0 Å². The van der Waals surface area contributed by atoms with E-state index in [2.05, 4.69) is 15.6 Å². The van der Waals surface area contributed by atoms with Gasteiger partial charge in [0.1, 0.15) is 18.2 Å². The first-order valence-electron chi connectivity index (χ1n) is 7.30. The molecule has 0 unspecified atom stereocenters. The second-order valence-corrected chi connectivity index (χ2v) is 5.49. The largest absolute Gasteiger partial charge is 0.486 e. The number of nitrogens with zero attached hydrogens (tertiary/aromatic N) is 2. The van der Waals surface area contributed by atoms with E-state index in [1.165, 1.54) is 0 Å². The Morgan fingerprint density at radius 3 is 2.64 bits per heavy atom. The highest BCUT2D eigenvalue weighted by molar-refractivity contribution is 6.30. The van der Waals surface area contributed by atoms with E-state index in [1.807, 2.05) is 42.5 Å². The Balaban J connectivity index is 1.83. The molecule has 3 rings (SSSR count). The third-order valence-electron chi connectivity index (χ3n) is 3.50. The standard InChI is InChI=1S/C17H18ClN3O/c18-13-6-8-14(9-7-13)22-12-17-20-15-4-1-2-5-16(15)21(17)11-3-10-19/h1-2,4-9H,3,10-12,19H2. The lowest BCUT2D eigenvalue weighted by Crippen LogP contribution is -2.10. The van der Waals surface area contributed by atoms with Crippen molar-refractivity contribution in [1.82, 2.24) is 9.55 Å². The van der Waals surface area contributed by atoms with Gasteiger partial charge in [-0.25, -0.2) is 4.98 Å². The lowest BCUT2D eigenvalue weighted by Gasteiger charge is -2.10. The fourth-order valence-electron chi connectivity index (χ4n) is 2.41. The molecule has 0 bridgehead atoms. The molecular weight excluding hydrogens is 298 g/mol. The van der Waals surface area contributed by atoms with E-state index in [0.29, 0.717) is 18.2 Å². The predicted molar refractivity (Wildman–Crippen MR) is 89.2 cm³/mol. The lowest BCUT2D eigenvalue weighted by molar-refractivity contribution is 0.290. The van der Waals surface area contributed by atoms with Gasteiger partial charge >= 0.3 is 0 Å². The van der Waals surface area contributed by atoms with Crippen LogP contribution in [0.4, 0.5) is 0 Å². The fraction of sp³-hybridized carbons (Fsp3) is 0.235. The van der Waals surface area contributed by atoms with Crippen LogP contribution in [-0.4, -0.2) is 16.1 Å². The van der Waals surface area contributed by atoms with Crippen molar-refractivity contribution in [2.45, 2.75) is 19.6 Å². The van der Waals surface area contributed by atoms with Crippen LogP contribution in [0.25, 0.3) is 11.0 Å². The van der Waals surface area contributed by atoms with Crippen molar-refractivity contribution in [1.29, 1.82) is 0 Å². The molecule has 114 valence electrons. The topological polar surface area (TPSA) is 53.1 Å². The summed E-state index contributed by atoms with van der Waals surface area (Å²) in [7, 11) is 0. The SMILES string of the molecule is NCCCn1c(COc2ccc(Cl)cc2)nc2ccccc21. The molecule has 22 heavy (non-hydrogen) atoms. The maximum absolute atomic E-state index is 5.88. The molecule has 2 aromatic carbocycles. The summed E-state index contributed by atoms with van der Waals surface area (Å²) in [5.74, 6) is 1.69. The molecule has 0 fully saturated rings. The second kappa shape index (κ2) is 6.81. The average molecular weight is 316 g/mol. The van der Waals surface area contributed by atoms with Gasteiger partial charge in [0.25, 0.3) is 0 Å². The fourth-order valence-corrected chi connectivity index (χ4v) is 2.54. The van der Waals surface area contributed by atoms with Crippen molar-refractivity contribution in [2.75, 3.05) is 6.54 Å². The van der Waals surface area contributed by atoms with Crippen molar-refractivity contribution in [3.05, 3.63) is 59.4 Å². The Bertz CT molecular complexity index is 752. The summed E-state index contributed by atoms with van der Waals surface area (Å²) in [4.78, 5) is 4.67. The number of para-hydroxylation sites is 2. The second-order valence-electron chi connectivity index (χ2n) is 5.05. The summed E-state index contributed by atoms with van der Waals surface area (Å²) < 4.78 is 8.00. The quantitative estimate of drug-likeness (QED) is 0.756. The minimum absolute atomic E-state index is 0.418. The Morgan fingerprint density at radius 2 is 1.86 bits per heavy atom. The molecule has 5 heteroatoms. The van der Waals surface area contributed by atoms with Gasteiger partial charge in [-0.3, -0.25) is 0 Å². The van der Waals surface area contributed by atoms with Crippen LogP contribution in [0.3, 0.4) is 0 Å². The first kappa shape index (κ1) is 14.9. The van der Waals surface area contributed by atoms with Gasteiger partial charge in [-0.05, 0) is 49.4 Å². The third-order valence-corrected chi connectivity index (χ3v) is 3.75. The first-order valence-corrected chi connectivity index (χ1v) is 7.68.